The van der Waals surface area contributed by atoms with E-state index in [0.717, 1.165) is 11.3 Å². The van der Waals surface area contributed by atoms with E-state index in [-0.39, 0.29) is 13.2 Å². The van der Waals surface area contributed by atoms with E-state index in [9.17, 15) is 5.11 Å². The predicted octanol–water partition coefficient (Wildman–Crippen LogP) is 0.658. The standard InChI is InChI=1S/C15H22N4O2/c1-15(12-21,13-6-3-2-4-7-13)16-10-14-11-19(18-17-14)8-5-9-20/h2-4,6-7,11,16,20-21H,5,8-10,12H2,1H3. The van der Waals surface area contributed by atoms with Gasteiger partial charge in [-0.2, -0.15) is 0 Å². The molecule has 1 aromatic carbocycles. The molecule has 6 nitrogen and oxygen atoms in total. The van der Waals surface area contributed by atoms with Crippen molar-refractivity contribution in [1.29, 1.82) is 0 Å². The molecule has 1 atom stereocenters. The third-order valence-electron chi connectivity index (χ3n) is 3.52. The van der Waals surface area contributed by atoms with Crippen molar-refractivity contribution >= 4 is 0 Å². The van der Waals surface area contributed by atoms with Crippen LogP contribution in [-0.4, -0.2) is 38.4 Å². The molecule has 0 aliphatic rings. The Balaban J connectivity index is 1.98. The summed E-state index contributed by atoms with van der Waals surface area (Å²) in [4.78, 5) is 0. The molecule has 2 rings (SSSR count). The first-order valence-electron chi connectivity index (χ1n) is 7.09. The lowest BCUT2D eigenvalue weighted by Crippen LogP contribution is -2.42. The SMILES string of the molecule is CC(CO)(NCc1cn(CCCO)nn1)c1ccccc1. The summed E-state index contributed by atoms with van der Waals surface area (Å²) >= 11 is 0. The molecule has 0 amide bonds. The average molecular weight is 290 g/mol. The Hall–Kier alpha value is -1.76. The van der Waals surface area contributed by atoms with Crippen LogP contribution in [0.25, 0.3) is 0 Å². The van der Waals surface area contributed by atoms with E-state index < -0.39 is 5.54 Å². The molecule has 3 N–H and O–H groups in total. The first kappa shape index (κ1) is 15.6. The second-order valence-electron chi connectivity index (χ2n) is 5.26. The molecule has 0 aliphatic heterocycles. The van der Waals surface area contributed by atoms with Gasteiger partial charge in [-0.3, -0.25) is 10.00 Å². The van der Waals surface area contributed by atoms with Gasteiger partial charge in [-0.15, -0.1) is 5.10 Å². The van der Waals surface area contributed by atoms with Crippen molar-refractivity contribution in [3.05, 3.63) is 47.8 Å². The van der Waals surface area contributed by atoms with Gasteiger partial charge in [-0.25, -0.2) is 0 Å². The van der Waals surface area contributed by atoms with Crippen LogP contribution in [0, 0.1) is 0 Å². The van der Waals surface area contributed by atoms with Gasteiger partial charge in [0.05, 0.1) is 17.8 Å². The zero-order valence-electron chi connectivity index (χ0n) is 12.2. The molecule has 1 heterocycles. The number of aliphatic hydroxyl groups is 2. The number of aryl methyl sites for hydroxylation is 1. The molecule has 114 valence electrons. The Morgan fingerprint density at radius 2 is 2.00 bits per heavy atom. The van der Waals surface area contributed by atoms with Gasteiger partial charge in [-0.05, 0) is 18.9 Å². The summed E-state index contributed by atoms with van der Waals surface area (Å²) in [6.45, 7) is 3.27. The fourth-order valence-electron chi connectivity index (χ4n) is 2.10. The Bertz CT molecular complexity index is 544. The second kappa shape index (κ2) is 7.31. The molecule has 0 spiro atoms. The lowest BCUT2D eigenvalue weighted by atomic mass is 9.93. The minimum absolute atomic E-state index is 0.00430. The molecule has 1 aromatic heterocycles. The highest BCUT2D eigenvalue weighted by Gasteiger charge is 2.25. The summed E-state index contributed by atoms with van der Waals surface area (Å²) in [7, 11) is 0. The maximum atomic E-state index is 9.71. The molecule has 0 saturated heterocycles. The molecule has 0 saturated carbocycles. The Labute approximate surface area is 124 Å². The summed E-state index contributed by atoms with van der Waals surface area (Å²) < 4.78 is 1.71. The highest BCUT2D eigenvalue weighted by Crippen LogP contribution is 2.20. The van der Waals surface area contributed by atoms with Crippen LogP contribution in [0.3, 0.4) is 0 Å². The average Bonchev–Trinajstić information content (AvgIpc) is 2.99. The van der Waals surface area contributed by atoms with Gasteiger partial charge in [-0.1, -0.05) is 35.5 Å². The molecule has 1 unspecified atom stereocenters. The van der Waals surface area contributed by atoms with Crippen LogP contribution in [0.1, 0.15) is 24.6 Å². The van der Waals surface area contributed by atoms with E-state index in [2.05, 4.69) is 15.6 Å². The van der Waals surface area contributed by atoms with Crippen molar-refractivity contribution in [2.45, 2.75) is 32.0 Å². The van der Waals surface area contributed by atoms with Crippen LogP contribution < -0.4 is 5.32 Å². The van der Waals surface area contributed by atoms with Crippen LogP contribution in [0.5, 0.6) is 0 Å². The van der Waals surface area contributed by atoms with Gasteiger partial charge in [0.25, 0.3) is 0 Å². The monoisotopic (exact) mass is 290 g/mol. The van der Waals surface area contributed by atoms with Crippen LogP contribution in [0.4, 0.5) is 0 Å². The van der Waals surface area contributed by atoms with Crippen molar-refractivity contribution in [3.8, 4) is 0 Å². The number of aromatic nitrogens is 3. The lowest BCUT2D eigenvalue weighted by molar-refractivity contribution is 0.173. The van der Waals surface area contributed by atoms with Gasteiger partial charge < -0.3 is 10.2 Å². The molecule has 0 bridgehead atoms. The first-order valence-corrected chi connectivity index (χ1v) is 7.09. The van der Waals surface area contributed by atoms with Crippen molar-refractivity contribution in [2.24, 2.45) is 0 Å². The highest BCUT2D eigenvalue weighted by molar-refractivity contribution is 5.23. The summed E-state index contributed by atoms with van der Waals surface area (Å²) in [6.07, 6.45) is 2.51. The normalized spacial score (nSPS) is 14.0. The van der Waals surface area contributed by atoms with E-state index in [1.54, 1.807) is 4.68 Å². The fraction of sp³-hybridized carbons (Fsp3) is 0.467. The molecule has 2 aromatic rings. The van der Waals surface area contributed by atoms with Gasteiger partial charge in [0.1, 0.15) is 0 Å². The van der Waals surface area contributed by atoms with Crippen molar-refractivity contribution in [2.75, 3.05) is 13.2 Å². The smallest absolute Gasteiger partial charge is 0.0965 e. The van der Waals surface area contributed by atoms with E-state index in [4.69, 9.17) is 5.11 Å². The Morgan fingerprint density at radius 1 is 1.24 bits per heavy atom. The van der Waals surface area contributed by atoms with Crippen molar-refractivity contribution in [1.82, 2.24) is 20.3 Å². The number of rotatable bonds is 8. The first-order chi connectivity index (χ1) is 10.2. The Morgan fingerprint density at radius 3 is 2.67 bits per heavy atom. The van der Waals surface area contributed by atoms with E-state index >= 15 is 0 Å². The topological polar surface area (TPSA) is 83.2 Å². The van der Waals surface area contributed by atoms with E-state index in [0.29, 0.717) is 19.5 Å². The number of benzene rings is 1. The van der Waals surface area contributed by atoms with E-state index in [1.165, 1.54) is 0 Å². The van der Waals surface area contributed by atoms with Crippen molar-refractivity contribution < 1.29 is 10.2 Å². The number of aliphatic hydroxyl groups excluding tert-OH is 2. The molecular weight excluding hydrogens is 268 g/mol. The van der Waals surface area contributed by atoms with Gasteiger partial charge in [0, 0.05) is 25.9 Å². The largest absolute Gasteiger partial charge is 0.396 e. The second-order valence-corrected chi connectivity index (χ2v) is 5.26. The van der Waals surface area contributed by atoms with Crippen LogP contribution in [0.2, 0.25) is 0 Å². The maximum absolute atomic E-state index is 9.71. The van der Waals surface area contributed by atoms with Gasteiger partial charge in [0.15, 0.2) is 0 Å². The summed E-state index contributed by atoms with van der Waals surface area (Å²) in [5.74, 6) is 0. The summed E-state index contributed by atoms with van der Waals surface area (Å²) in [5, 5.41) is 29.9. The minimum atomic E-state index is -0.518. The maximum Gasteiger partial charge on any atom is 0.0965 e. The van der Waals surface area contributed by atoms with Gasteiger partial charge in [0.2, 0.25) is 0 Å². The van der Waals surface area contributed by atoms with Crippen LogP contribution in [-0.2, 0) is 18.6 Å². The minimum Gasteiger partial charge on any atom is -0.396 e. The number of nitrogens with zero attached hydrogens (tertiary/aromatic N) is 3. The van der Waals surface area contributed by atoms with Crippen molar-refractivity contribution in [3.63, 3.8) is 0 Å². The molecular formula is C15H22N4O2. The summed E-state index contributed by atoms with van der Waals surface area (Å²) in [6, 6.07) is 9.84. The summed E-state index contributed by atoms with van der Waals surface area (Å²) in [5.41, 5.74) is 1.32. The lowest BCUT2D eigenvalue weighted by Gasteiger charge is -2.29. The highest BCUT2D eigenvalue weighted by atomic mass is 16.3. The van der Waals surface area contributed by atoms with Crippen LogP contribution >= 0.6 is 0 Å². The zero-order chi connectivity index (χ0) is 15.1. The molecule has 0 fully saturated rings. The zero-order valence-corrected chi connectivity index (χ0v) is 12.2. The quantitative estimate of drug-likeness (QED) is 0.665. The predicted molar refractivity (Wildman–Crippen MR) is 79.4 cm³/mol. The molecule has 0 aliphatic carbocycles. The Kier molecular flexibility index (Phi) is 5.44. The number of hydrogen-bond donors (Lipinski definition) is 3. The van der Waals surface area contributed by atoms with E-state index in [1.807, 2.05) is 43.5 Å². The number of hydrogen-bond acceptors (Lipinski definition) is 5. The number of nitrogens with one attached hydrogen (secondary N) is 1. The molecule has 6 heteroatoms. The fourth-order valence-corrected chi connectivity index (χ4v) is 2.10. The third-order valence-corrected chi connectivity index (χ3v) is 3.52. The third kappa shape index (κ3) is 4.10. The molecule has 0 radical (unpaired) electrons. The molecule has 21 heavy (non-hydrogen) atoms. The van der Waals surface area contributed by atoms with Crippen LogP contribution in [0.15, 0.2) is 36.5 Å². The van der Waals surface area contributed by atoms with Gasteiger partial charge >= 0.3 is 0 Å².